The second-order valence-electron chi connectivity index (χ2n) is 2.83. The minimum Gasteiger partial charge on any atom is -0.471 e. The van der Waals surface area contributed by atoms with Crippen molar-refractivity contribution in [2.45, 2.75) is 18.9 Å². The molecule has 1 aromatic rings. The molecular weight excluding hydrogens is 174 g/mol. The topological polar surface area (TPSA) is 47.0 Å². The summed E-state index contributed by atoms with van der Waals surface area (Å²) in [4.78, 5) is 0. The molecule has 2 rings (SSSR count). The van der Waals surface area contributed by atoms with Crippen molar-refractivity contribution in [3.05, 3.63) is 5.38 Å². The van der Waals surface area contributed by atoms with Crippen LogP contribution in [-0.2, 0) is 0 Å². The Morgan fingerprint density at radius 1 is 1.67 bits per heavy atom. The molecule has 1 saturated heterocycles. The van der Waals surface area contributed by atoms with Crippen LogP contribution in [0.5, 0.6) is 5.88 Å². The Morgan fingerprint density at radius 3 is 3.33 bits per heavy atom. The highest BCUT2D eigenvalue weighted by Gasteiger charge is 2.14. The van der Waals surface area contributed by atoms with Crippen molar-refractivity contribution < 1.29 is 4.74 Å². The fourth-order valence-electron chi connectivity index (χ4n) is 1.30. The molecule has 12 heavy (non-hydrogen) atoms. The summed E-state index contributed by atoms with van der Waals surface area (Å²) in [5.41, 5.74) is 0. The second-order valence-corrected chi connectivity index (χ2v) is 3.44. The van der Waals surface area contributed by atoms with Crippen molar-refractivity contribution in [1.82, 2.24) is 14.9 Å². The van der Waals surface area contributed by atoms with Crippen molar-refractivity contribution in [2.75, 3.05) is 13.1 Å². The van der Waals surface area contributed by atoms with Gasteiger partial charge in [-0.25, -0.2) is 0 Å². The first-order chi connectivity index (χ1) is 5.95. The summed E-state index contributed by atoms with van der Waals surface area (Å²) in [5, 5.41) is 8.93. The number of nitrogens with one attached hydrogen (secondary N) is 1. The normalized spacial score (nSPS) is 23.8. The number of hydrogen-bond acceptors (Lipinski definition) is 5. The molecule has 0 bridgehead atoms. The van der Waals surface area contributed by atoms with Crippen molar-refractivity contribution in [3.63, 3.8) is 0 Å². The number of rotatable bonds is 2. The molecule has 1 fully saturated rings. The molecule has 0 amide bonds. The maximum Gasteiger partial charge on any atom is 0.246 e. The Hall–Kier alpha value is -0.680. The molecule has 1 aliphatic heterocycles. The van der Waals surface area contributed by atoms with E-state index < -0.39 is 0 Å². The van der Waals surface area contributed by atoms with Gasteiger partial charge in [0.2, 0.25) is 5.88 Å². The van der Waals surface area contributed by atoms with Crippen LogP contribution in [0.2, 0.25) is 0 Å². The van der Waals surface area contributed by atoms with Crippen LogP contribution in [0.1, 0.15) is 12.8 Å². The van der Waals surface area contributed by atoms with E-state index in [1.165, 1.54) is 18.0 Å². The van der Waals surface area contributed by atoms with Crippen LogP contribution < -0.4 is 10.1 Å². The van der Waals surface area contributed by atoms with Gasteiger partial charge in [0.05, 0.1) is 5.38 Å². The van der Waals surface area contributed by atoms with E-state index in [1.54, 1.807) is 0 Å². The van der Waals surface area contributed by atoms with E-state index in [0.29, 0.717) is 5.88 Å². The molecule has 0 spiro atoms. The SMILES string of the molecule is c1snnc1OC1CCCNC1. The van der Waals surface area contributed by atoms with Crippen LogP contribution in [0.4, 0.5) is 0 Å². The average molecular weight is 185 g/mol. The third-order valence-electron chi connectivity index (χ3n) is 1.88. The summed E-state index contributed by atoms with van der Waals surface area (Å²) in [6.45, 7) is 2.03. The monoisotopic (exact) mass is 185 g/mol. The molecular formula is C7H11N3OS. The van der Waals surface area contributed by atoms with Crippen LogP contribution >= 0.6 is 11.5 Å². The first-order valence-electron chi connectivity index (χ1n) is 4.09. The van der Waals surface area contributed by atoms with E-state index in [-0.39, 0.29) is 6.10 Å². The third-order valence-corrected chi connectivity index (χ3v) is 2.36. The van der Waals surface area contributed by atoms with Gasteiger partial charge in [-0.15, -0.1) is 0 Å². The molecule has 0 saturated carbocycles. The third kappa shape index (κ3) is 1.92. The highest BCUT2D eigenvalue weighted by atomic mass is 32.1. The van der Waals surface area contributed by atoms with Crippen LogP contribution in [0, 0.1) is 0 Å². The molecule has 1 atom stereocenters. The first kappa shape index (κ1) is 7.94. The largest absolute Gasteiger partial charge is 0.471 e. The number of piperidine rings is 1. The standard InChI is InChI=1S/C7H11N3OS/c1-2-6(4-8-3-1)11-7-5-12-10-9-7/h5-6,8H,1-4H2. The molecule has 0 aromatic carbocycles. The zero-order valence-electron chi connectivity index (χ0n) is 6.69. The average Bonchev–Trinajstić information content (AvgIpc) is 2.59. The highest BCUT2D eigenvalue weighted by Crippen LogP contribution is 2.13. The Labute approximate surface area is 75.1 Å². The van der Waals surface area contributed by atoms with Crippen LogP contribution in [0.3, 0.4) is 0 Å². The van der Waals surface area contributed by atoms with Crippen molar-refractivity contribution >= 4 is 11.5 Å². The molecule has 0 aliphatic carbocycles. The van der Waals surface area contributed by atoms with Gasteiger partial charge in [0.15, 0.2) is 0 Å². The van der Waals surface area contributed by atoms with Crippen LogP contribution in [0.25, 0.3) is 0 Å². The van der Waals surface area contributed by atoms with E-state index in [9.17, 15) is 0 Å². The molecule has 1 aromatic heterocycles. The van der Waals surface area contributed by atoms with Gasteiger partial charge in [-0.2, -0.15) is 0 Å². The van der Waals surface area contributed by atoms with E-state index >= 15 is 0 Å². The smallest absolute Gasteiger partial charge is 0.246 e. The summed E-state index contributed by atoms with van der Waals surface area (Å²) >= 11 is 1.32. The van der Waals surface area contributed by atoms with E-state index in [1.807, 2.05) is 5.38 Å². The fraction of sp³-hybridized carbons (Fsp3) is 0.714. The Balaban J connectivity index is 1.86. The lowest BCUT2D eigenvalue weighted by atomic mass is 10.1. The number of hydrogen-bond donors (Lipinski definition) is 1. The van der Waals surface area contributed by atoms with E-state index in [4.69, 9.17) is 4.74 Å². The molecule has 1 aliphatic rings. The minimum atomic E-state index is 0.280. The molecule has 0 radical (unpaired) electrons. The van der Waals surface area contributed by atoms with Crippen molar-refractivity contribution in [3.8, 4) is 5.88 Å². The number of ether oxygens (including phenoxy) is 1. The zero-order chi connectivity index (χ0) is 8.23. The Morgan fingerprint density at radius 2 is 2.67 bits per heavy atom. The lowest BCUT2D eigenvalue weighted by Crippen LogP contribution is -2.37. The fourth-order valence-corrected chi connectivity index (χ4v) is 1.67. The zero-order valence-corrected chi connectivity index (χ0v) is 7.51. The lowest BCUT2D eigenvalue weighted by molar-refractivity contribution is 0.160. The molecule has 66 valence electrons. The van der Waals surface area contributed by atoms with Gasteiger partial charge < -0.3 is 10.1 Å². The summed E-state index contributed by atoms with van der Waals surface area (Å²) in [7, 11) is 0. The number of aromatic nitrogens is 2. The summed E-state index contributed by atoms with van der Waals surface area (Å²) in [6.07, 6.45) is 2.58. The maximum absolute atomic E-state index is 5.57. The van der Waals surface area contributed by atoms with Gasteiger partial charge in [0.1, 0.15) is 6.10 Å². The summed E-state index contributed by atoms with van der Waals surface area (Å²) in [6, 6.07) is 0. The quantitative estimate of drug-likeness (QED) is 0.735. The highest BCUT2D eigenvalue weighted by molar-refractivity contribution is 7.03. The summed E-state index contributed by atoms with van der Waals surface area (Å²) in [5.74, 6) is 0.661. The first-order valence-corrected chi connectivity index (χ1v) is 4.93. The minimum absolute atomic E-state index is 0.280. The van der Waals surface area contributed by atoms with Gasteiger partial charge in [-0.05, 0) is 30.9 Å². The molecule has 2 heterocycles. The predicted molar refractivity (Wildman–Crippen MR) is 46.4 cm³/mol. The Kier molecular flexibility index (Phi) is 2.53. The van der Waals surface area contributed by atoms with Crippen molar-refractivity contribution in [1.29, 1.82) is 0 Å². The molecule has 1 unspecified atom stereocenters. The van der Waals surface area contributed by atoms with Gasteiger partial charge in [0.25, 0.3) is 0 Å². The van der Waals surface area contributed by atoms with Crippen LogP contribution in [0.15, 0.2) is 5.38 Å². The van der Waals surface area contributed by atoms with Gasteiger partial charge in [-0.3, -0.25) is 0 Å². The second kappa shape index (κ2) is 3.82. The maximum atomic E-state index is 5.57. The van der Waals surface area contributed by atoms with Gasteiger partial charge in [0, 0.05) is 6.54 Å². The van der Waals surface area contributed by atoms with Gasteiger partial charge in [-0.1, -0.05) is 9.59 Å². The molecule has 4 nitrogen and oxygen atoms in total. The number of nitrogens with zero attached hydrogens (tertiary/aromatic N) is 2. The Bertz CT molecular complexity index is 221. The summed E-state index contributed by atoms with van der Waals surface area (Å²) < 4.78 is 9.30. The van der Waals surface area contributed by atoms with E-state index in [0.717, 1.165) is 19.5 Å². The molecule has 1 N–H and O–H groups in total. The van der Waals surface area contributed by atoms with E-state index in [2.05, 4.69) is 14.9 Å². The van der Waals surface area contributed by atoms with Crippen LogP contribution in [-0.4, -0.2) is 28.8 Å². The van der Waals surface area contributed by atoms with Gasteiger partial charge >= 0.3 is 0 Å². The lowest BCUT2D eigenvalue weighted by Gasteiger charge is -2.22. The predicted octanol–water partition coefficient (Wildman–Crippen LogP) is 0.669. The van der Waals surface area contributed by atoms with Crippen molar-refractivity contribution in [2.24, 2.45) is 0 Å². The molecule has 5 heteroatoms.